The summed E-state index contributed by atoms with van der Waals surface area (Å²) in [6, 6.07) is 17.5. The van der Waals surface area contributed by atoms with Gasteiger partial charge in [0, 0.05) is 19.6 Å². The van der Waals surface area contributed by atoms with E-state index in [9.17, 15) is 5.11 Å². The lowest BCUT2D eigenvalue weighted by Gasteiger charge is -2.25. The molecule has 184 valence electrons. The van der Waals surface area contributed by atoms with E-state index in [0.29, 0.717) is 36.4 Å². The number of methoxy groups -OCH3 is 1. The number of hydrogen-bond acceptors (Lipinski definition) is 6. The molecule has 1 aliphatic rings. The number of nitrogens with zero attached hydrogens (tertiary/aromatic N) is 3. The Morgan fingerprint density at radius 3 is 2.54 bits per heavy atom. The molecule has 1 N–H and O–H groups in total. The van der Waals surface area contributed by atoms with Crippen molar-refractivity contribution in [2.24, 2.45) is 5.92 Å². The van der Waals surface area contributed by atoms with Gasteiger partial charge in [-0.2, -0.15) is 5.10 Å². The van der Waals surface area contributed by atoms with Crippen LogP contribution in [0.4, 0.5) is 0 Å². The summed E-state index contributed by atoms with van der Waals surface area (Å²) in [6.07, 6.45) is 7.06. The van der Waals surface area contributed by atoms with Crippen LogP contribution >= 0.6 is 0 Å². The molecule has 0 bridgehead atoms. The van der Waals surface area contributed by atoms with E-state index in [-0.39, 0.29) is 13.2 Å². The first-order chi connectivity index (χ1) is 17.1. The van der Waals surface area contributed by atoms with Crippen molar-refractivity contribution in [1.82, 2.24) is 14.7 Å². The molecule has 0 aliphatic heterocycles. The lowest BCUT2D eigenvalue weighted by atomic mass is 10.2. The summed E-state index contributed by atoms with van der Waals surface area (Å²) >= 11 is 0. The first-order valence-electron chi connectivity index (χ1n) is 12.0. The van der Waals surface area contributed by atoms with Crippen molar-refractivity contribution >= 4 is 0 Å². The van der Waals surface area contributed by atoms with E-state index in [4.69, 9.17) is 25.7 Å². The van der Waals surface area contributed by atoms with Gasteiger partial charge < -0.3 is 19.3 Å². The molecule has 4 rings (SSSR count). The molecular weight excluding hydrogens is 442 g/mol. The molecule has 3 aromatic rings. The van der Waals surface area contributed by atoms with Crippen molar-refractivity contribution in [3.8, 4) is 35.4 Å². The van der Waals surface area contributed by atoms with Crippen molar-refractivity contribution in [3.63, 3.8) is 0 Å². The number of hydrogen-bond donors (Lipinski definition) is 1. The zero-order valence-corrected chi connectivity index (χ0v) is 20.4. The van der Waals surface area contributed by atoms with E-state index in [1.807, 2.05) is 66.2 Å². The fourth-order valence-electron chi connectivity index (χ4n) is 4.07. The highest BCUT2D eigenvalue weighted by Crippen LogP contribution is 2.37. The van der Waals surface area contributed by atoms with Gasteiger partial charge in [0.25, 0.3) is 0 Å². The molecule has 1 aromatic heterocycles. The van der Waals surface area contributed by atoms with Crippen LogP contribution < -0.4 is 9.47 Å². The molecule has 1 saturated carbocycles. The van der Waals surface area contributed by atoms with E-state index in [0.717, 1.165) is 23.5 Å². The van der Waals surface area contributed by atoms with Crippen LogP contribution in [0.3, 0.4) is 0 Å². The van der Waals surface area contributed by atoms with Gasteiger partial charge in [-0.3, -0.25) is 4.90 Å². The fraction of sp³-hybridized carbons (Fsp3) is 0.393. The molecule has 7 nitrogen and oxygen atoms in total. The van der Waals surface area contributed by atoms with Crippen molar-refractivity contribution in [2.75, 3.05) is 33.4 Å². The molecule has 7 heteroatoms. The predicted octanol–water partition coefficient (Wildman–Crippen LogP) is 4.20. The van der Waals surface area contributed by atoms with Gasteiger partial charge in [-0.25, -0.2) is 4.68 Å². The molecule has 0 amide bonds. The Kier molecular flexibility index (Phi) is 8.43. The zero-order chi connectivity index (χ0) is 24.6. The molecule has 1 atom stereocenters. The quantitative estimate of drug-likeness (QED) is 0.295. The highest BCUT2D eigenvalue weighted by Gasteiger charge is 2.28. The van der Waals surface area contributed by atoms with Crippen LogP contribution in [0.2, 0.25) is 0 Å². The molecule has 1 fully saturated rings. The van der Waals surface area contributed by atoms with Crippen LogP contribution in [0.15, 0.2) is 54.6 Å². The number of terminal acetylenes is 1. The highest BCUT2D eigenvalue weighted by atomic mass is 16.5. The van der Waals surface area contributed by atoms with E-state index < -0.39 is 6.10 Å². The Bertz CT molecular complexity index is 1130. The maximum Gasteiger partial charge on any atom is 0.227 e. The minimum Gasteiger partial charge on any atom is -0.493 e. The van der Waals surface area contributed by atoms with E-state index in [2.05, 4.69) is 10.8 Å². The number of aliphatic hydroxyl groups excluding tert-OH is 1. The third kappa shape index (κ3) is 6.64. The number of aromatic nitrogens is 2. The summed E-state index contributed by atoms with van der Waals surface area (Å²) in [7, 11) is 1.63. The first kappa shape index (κ1) is 24.8. The molecule has 0 saturated heterocycles. The zero-order valence-electron chi connectivity index (χ0n) is 20.4. The number of ether oxygens (including phenoxy) is 3. The van der Waals surface area contributed by atoms with Gasteiger partial charge in [0.05, 0.1) is 36.8 Å². The molecule has 2 aromatic carbocycles. The Morgan fingerprint density at radius 1 is 1.14 bits per heavy atom. The van der Waals surface area contributed by atoms with E-state index >= 15 is 0 Å². The van der Waals surface area contributed by atoms with Gasteiger partial charge in [0.15, 0.2) is 11.5 Å². The SMILES string of the molecule is C#CCOC[C@H](O)CN(Cc1c(C)nn(-c2ccccc2)c1Oc1ccccc1OC)CC1CC1. The summed E-state index contributed by atoms with van der Waals surface area (Å²) in [4.78, 5) is 2.26. The summed E-state index contributed by atoms with van der Waals surface area (Å²) in [6.45, 7) is 4.36. The van der Waals surface area contributed by atoms with Gasteiger partial charge in [0.2, 0.25) is 5.88 Å². The molecule has 0 radical (unpaired) electrons. The number of para-hydroxylation sites is 3. The molecule has 0 unspecified atom stereocenters. The number of aliphatic hydroxyl groups is 1. The first-order valence-corrected chi connectivity index (χ1v) is 12.0. The summed E-state index contributed by atoms with van der Waals surface area (Å²) in [5, 5.41) is 15.4. The maximum atomic E-state index is 10.6. The molecule has 35 heavy (non-hydrogen) atoms. The number of benzene rings is 2. The maximum absolute atomic E-state index is 10.6. The number of aryl methyl sites for hydroxylation is 1. The lowest BCUT2D eigenvalue weighted by molar-refractivity contribution is 0.0250. The summed E-state index contributed by atoms with van der Waals surface area (Å²) in [5.41, 5.74) is 2.75. The predicted molar refractivity (Wildman–Crippen MR) is 135 cm³/mol. The second kappa shape index (κ2) is 11.9. The Labute approximate surface area is 207 Å². The average molecular weight is 476 g/mol. The molecule has 1 heterocycles. The normalized spacial score (nSPS) is 14.0. The third-order valence-corrected chi connectivity index (χ3v) is 5.97. The largest absolute Gasteiger partial charge is 0.493 e. The second-order valence-corrected chi connectivity index (χ2v) is 8.88. The van der Waals surface area contributed by atoms with Crippen LogP contribution in [-0.4, -0.2) is 59.3 Å². The van der Waals surface area contributed by atoms with Gasteiger partial charge in [-0.05, 0) is 49.9 Å². The van der Waals surface area contributed by atoms with Crippen molar-refractivity contribution < 1.29 is 19.3 Å². The standard InChI is InChI=1S/C28H33N3O4/c1-4-16-34-20-24(32)18-30(17-22-14-15-22)19-25-21(2)29-31(23-10-6-5-7-11-23)28(25)35-27-13-9-8-12-26(27)33-3/h1,5-13,22,24,32H,14-20H2,2-3H3/t24-/m1/s1. The fourth-order valence-corrected chi connectivity index (χ4v) is 4.07. The smallest absolute Gasteiger partial charge is 0.227 e. The van der Waals surface area contributed by atoms with E-state index in [1.54, 1.807) is 7.11 Å². The Balaban J connectivity index is 1.65. The Morgan fingerprint density at radius 2 is 1.86 bits per heavy atom. The van der Waals surface area contributed by atoms with Gasteiger partial charge in [-0.15, -0.1) is 6.42 Å². The summed E-state index contributed by atoms with van der Waals surface area (Å²) < 4.78 is 19.2. The minimum atomic E-state index is -0.634. The van der Waals surface area contributed by atoms with Gasteiger partial charge in [-0.1, -0.05) is 36.3 Å². The van der Waals surface area contributed by atoms with Crippen LogP contribution in [0.25, 0.3) is 5.69 Å². The summed E-state index contributed by atoms with van der Waals surface area (Å²) in [5.74, 6) is 4.99. The van der Waals surface area contributed by atoms with Gasteiger partial charge >= 0.3 is 0 Å². The van der Waals surface area contributed by atoms with Crippen LogP contribution in [-0.2, 0) is 11.3 Å². The monoisotopic (exact) mass is 475 g/mol. The number of rotatable bonds is 13. The highest BCUT2D eigenvalue weighted by molar-refractivity contribution is 5.47. The van der Waals surface area contributed by atoms with Crippen LogP contribution in [0, 0.1) is 25.2 Å². The minimum absolute atomic E-state index is 0.194. The van der Waals surface area contributed by atoms with Gasteiger partial charge in [0.1, 0.15) is 6.61 Å². The van der Waals surface area contributed by atoms with E-state index in [1.165, 1.54) is 12.8 Å². The van der Waals surface area contributed by atoms with Crippen LogP contribution in [0.1, 0.15) is 24.1 Å². The van der Waals surface area contributed by atoms with Crippen molar-refractivity contribution in [2.45, 2.75) is 32.4 Å². The molecule has 1 aliphatic carbocycles. The molecule has 0 spiro atoms. The second-order valence-electron chi connectivity index (χ2n) is 8.88. The Hall–Kier alpha value is -3.31. The van der Waals surface area contributed by atoms with Crippen LogP contribution in [0.5, 0.6) is 17.4 Å². The topological polar surface area (TPSA) is 69.0 Å². The lowest BCUT2D eigenvalue weighted by Crippen LogP contribution is -2.36. The third-order valence-electron chi connectivity index (χ3n) is 5.97. The van der Waals surface area contributed by atoms with Crippen molar-refractivity contribution in [3.05, 3.63) is 65.9 Å². The average Bonchev–Trinajstić information content (AvgIpc) is 3.64. The van der Waals surface area contributed by atoms with Crippen molar-refractivity contribution in [1.29, 1.82) is 0 Å². The molecular formula is C28H33N3O4.